The Labute approximate surface area is 125 Å². The van der Waals surface area contributed by atoms with Gasteiger partial charge in [-0.05, 0) is 31.0 Å². The number of alkyl halides is 3. The van der Waals surface area contributed by atoms with Crippen LogP contribution in [0.2, 0.25) is 5.02 Å². The van der Waals surface area contributed by atoms with Crippen molar-refractivity contribution in [1.29, 1.82) is 0 Å². The molecular formula is C14H16ClF3N2O. The van der Waals surface area contributed by atoms with Gasteiger partial charge in [-0.3, -0.25) is 4.79 Å². The van der Waals surface area contributed by atoms with Crippen molar-refractivity contribution in [2.45, 2.75) is 31.9 Å². The molecule has 3 nitrogen and oxygen atoms in total. The number of halogens is 4. The molecule has 1 aromatic carbocycles. The average Bonchev–Trinajstić information content (AvgIpc) is 2.89. The Morgan fingerprint density at radius 2 is 1.95 bits per heavy atom. The van der Waals surface area contributed by atoms with E-state index in [1.54, 1.807) is 0 Å². The summed E-state index contributed by atoms with van der Waals surface area (Å²) < 4.78 is 39.0. The number of nitrogens with two attached hydrogens (primary N) is 1. The molecule has 0 aromatic heterocycles. The Hall–Kier alpha value is -1.27. The molecule has 0 saturated heterocycles. The van der Waals surface area contributed by atoms with E-state index in [1.165, 1.54) is 12.1 Å². The lowest BCUT2D eigenvalue weighted by Gasteiger charge is -2.26. The summed E-state index contributed by atoms with van der Waals surface area (Å²) in [5.41, 5.74) is 3.67. The van der Waals surface area contributed by atoms with Gasteiger partial charge in [-0.15, -0.1) is 0 Å². The summed E-state index contributed by atoms with van der Waals surface area (Å²) in [6.45, 7) is 0.133. The third-order valence-electron chi connectivity index (χ3n) is 3.97. The standard InChI is InChI=1S/C14H16ClF3N2O/c15-9-3-4-11(10(7-9)14(16,17)18)20-12(21)13(8-19)5-1-2-6-13/h3-4,7H,1-2,5-6,8,19H2,(H,20,21). The summed E-state index contributed by atoms with van der Waals surface area (Å²) in [5, 5.41) is 2.35. The maximum atomic E-state index is 13.0. The molecule has 1 aromatic rings. The van der Waals surface area contributed by atoms with Crippen LogP contribution in [0.5, 0.6) is 0 Å². The zero-order valence-electron chi connectivity index (χ0n) is 11.3. The highest BCUT2D eigenvalue weighted by atomic mass is 35.5. The predicted octanol–water partition coefficient (Wildman–Crippen LogP) is 3.82. The number of hydrogen-bond acceptors (Lipinski definition) is 2. The van der Waals surface area contributed by atoms with E-state index < -0.39 is 23.1 Å². The zero-order valence-corrected chi connectivity index (χ0v) is 12.0. The van der Waals surface area contributed by atoms with E-state index in [4.69, 9.17) is 17.3 Å². The first-order valence-electron chi connectivity index (χ1n) is 6.67. The third-order valence-corrected chi connectivity index (χ3v) is 4.20. The molecule has 0 spiro atoms. The minimum atomic E-state index is -4.58. The number of nitrogens with one attached hydrogen (secondary N) is 1. The van der Waals surface area contributed by atoms with E-state index >= 15 is 0 Å². The highest BCUT2D eigenvalue weighted by Gasteiger charge is 2.41. The van der Waals surface area contributed by atoms with Crippen LogP contribution in [0.1, 0.15) is 31.2 Å². The molecule has 0 atom stereocenters. The number of amides is 1. The molecule has 1 amide bonds. The molecule has 21 heavy (non-hydrogen) atoms. The first-order chi connectivity index (χ1) is 9.78. The fraction of sp³-hybridized carbons (Fsp3) is 0.500. The van der Waals surface area contributed by atoms with Crippen LogP contribution >= 0.6 is 11.6 Å². The van der Waals surface area contributed by atoms with Crippen molar-refractivity contribution in [2.75, 3.05) is 11.9 Å². The lowest BCUT2D eigenvalue weighted by Crippen LogP contribution is -2.40. The van der Waals surface area contributed by atoms with Crippen LogP contribution in [-0.4, -0.2) is 12.5 Å². The Kier molecular flexibility index (Phi) is 4.49. The van der Waals surface area contributed by atoms with Crippen LogP contribution in [-0.2, 0) is 11.0 Å². The monoisotopic (exact) mass is 320 g/mol. The van der Waals surface area contributed by atoms with Crippen molar-refractivity contribution in [3.8, 4) is 0 Å². The van der Waals surface area contributed by atoms with Crippen molar-refractivity contribution in [3.63, 3.8) is 0 Å². The second kappa shape index (κ2) is 5.85. The van der Waals surface area contributed by atoms with E-state index in [-0.39, 0.29) is 17.3 Å². The molecule has 1 aliphatic carbocycles. The van der Waals surface area contributed by atoms with Crippen molar-refractivity contribution < 1.29 is 18.0 Å². The van der Waals surface area contributed by atoms with E-state index in [0.717, 1.165) is 18.9 Å². The molecule has 116 valence electrons. The molecule has 1 saturated carbocycles. The fourth-order valence-corrected chi connectivity index (χ4v) is 2.86. The summed E-state index contributed by atoms with van der Waals surface area (Å²) in [4.78, 5) is 12.3. The van der Waals surface area contributed by atoms with E-state index in [0.29, 0.717) is 12.8 Å². The average molecular weight is 321 g/mol. The van der Waals surface area contributed by atoms with Crippen LogP contribution < -0.4 is 11.1 Å². The lowest BCUT2D eigenvalue weighted by molar-refractivity contribution is -0.137. The quantitative estimate of drug-likeness (QED) is 0.889. The van der Waals surface area contributed by atoms with Crippen LogP contribution in [0.25, 0.3) is 0 Å². The summed E-state index contributed by atoms with van der Waals surface area (Å²) in [6.07, 6.45) is -1.66. The van der Waals surface area contributed by atoms with Crippen molar-refractivity contribution in [2.24, 2.45) is 11.1 Å². The molecule has 1 fully saturated rings. The van der Waals surface area contributed by atoms with Gasteiger partial charge in [0.1, 0.15) is 0 Å². The predicted molar refractivity (Wildman–Crippen MR) is 75.0 cm³/mol. The number of carbonyl (C=O) groups is 1. The normalized spacial score (nSPS) is 17.8. The Morgan fingerprint density at radius 1 is 1.33 bits per heavy atom. The molecule has 0 bridgehead atoms. The Bertz CT molecular complexity index is 540. The summed E-state index contributed by atoms with van der Waals surface area (Å²) in [6, 6.07) is 3.29. The minimum absolute atomic E-state index is 0.0327. The van der Waals surface area contributed by atoms with Crippen molar-refractivity contribution in [3.05, 3.63) is 28.8 Å². The Morgan fingerprint density at radius 3 is 2.48 bits per heavy atom. The molecular weight excluding hydrogens is 305 g/mol. The van der Waals surface area contributed by atoms with Gasteiger partial charge >= 0.3 is 6.18 Å². The lowest BCUT2D eigenvalue weighted by atomic mass is 9.85. The van der Waals surface area contributed by atoms with Gasteiger partial charge in [0.15, 0.2) is 0 Å². The van der Waals surface area contributed by atoms with E-state index in [9.17, 15) is 18.0 Å². The zero-order chi connectivity index (χ0) is 15.7. The van der Waals surface area contributed by atoms with Gasteiger partial charge in [0, 0.05) is 11.6 Å². The number of benzene rings is 1. The van der Waals surface area contributed by atoms with Gasteiger partial charge in [-0.1, -0.05) is 24.4 Å². The first-order valence-corrected chi connectivity index (χ1v) is 7.04. The molecule has 0 heterocycles. The third kappa shape index (κ3) is 3.32. The van der Waals surface area contributed by atoms with Crippen LogP contribution in [0.3, 0.4) is 0 Å². The molecule has 0 aliphatic heterocycles. The fourth-order valence-electron chi connectivity index (χ4n) is 2.69. The molecule has 0 radical (unpaired) electrons. The van der Waals surface area contributed by atoms with Crippen LogP contribution in [0.15, 0.2) is 18.2 Å². The molecule has 1 aliphatic rings. The summed E-state index contributed by atoms with van der Waals surface area (Å²) in [5.74, 6) is -0.449. The van der Waals surface area contributed by atoms with Gasteiger partial charge in [-0.25, -0.2) is 0 Å². The molecule has 7 heteroatoms. The highest BCUT2D eigenvalue weighted by molar-refractivity contribution is 6.30. The Balaban J connectivity index is 2.29. The number of carbonyl (C=O) groups excluding carboxylic acids is 1. The first kappa shape index (κ1) is 16.1. The summed E-state index contributed by atoms with van der Waals surface area (Å²) in [7, 11) is 0. The van der Waals surface area contributed by atoms with Crippen LogP contribution in [0.4, 0.5) is 18.9 Å². The second-order valence-electron chi connectivity index (χ2n) is 5.33. The van der Waals surface area contributed by atoms with E-state index in [2.05, 4.69) is 5.32 Å². The second-order valence-corrected chi connectivity index (χ2v) is 5.77. The van der Waals surface area contributed by atoms with Crippen molar-refractivity contribution in [1.82, 2.24) is 0 Å². The largest absolute Gasteiger partial charge is 0.418 e. The van der Waals surface area contributed by atoms with Gasteiger partial charge in [0.25, 0.3) is 0 Å². The molecule has 0 unspecified atom stereocenters. The van der Waals surface area contributed by atoms with Gasteiger partial charge in [-0.2, -0.15) is 13.2 Å². The van der Waals surface area contributed by atoms with Gasteiger partial charge in [0.2, 0.25) is 5.91 Å². The van der Waals surface area contributed by atoms with E-state index in [1.807, 2.05) is 0 Å². The van der Waals surface area contributed by atoms with Crippen molar-refractivity contribution >= 4 is 23.2 Å². The van der Waals surface area contributed by atoms with Crippen LogP contribution in [0, 0.1) is 5.41 Å². The maximum absolute atomic E-state index is 13.0. The smallest absolute Gasteiger partial charge is 0.329 e. The van der Waals surface area contributed by atoms with Gasteiger partial charge in [0.05, 0.1) is 16.7 Å². The SMILES string of the molecule is NCC1(C(=O)Nc2ccc(Cl)cc2C(F)(F)F)CCCC1. The summed E-state index contributed by atoms with van der Waals surface area (Å²) >= 11 is 5.61. The minimum Gasteiger partial charge on any atom is -0.329 e. The highest BCUT2D eigenvalue weighted by Crippen LogP contribution is 2.40. The van der Waals surface area contributed by atoms with Gasteiger partial charge < -0.3 is 11.1 Å². The topological polar surface area (TPSA) is 55.1 Å². The molecule has 2 rings (SSSR count). The maximum Gasteiger partial charge on any atom is 0.418 e. The number of hydrogen-bond donors (Lipinski definition) is 2. The number of anilines is 1. The molecule has 3 N–H and O–H groups in total. The number of rotatable bonds is 3.